The van der Waals surface area contributed by atoms with Crippen LogP contribution in [0.15, 0.2) is 18.3 Å². The van der Waals surface area contributed by atoms with Gasteiger partial charge < -0.3 is 5.32 Å². The Morgan fingerprint density at radius 2 is 2.00 bits per heavy atom. The molecule has 0 aliphatic carbocycles. The smallest absolute Gasteiger partial charge is 0.364 e. The van der Waals surface area contributed by atoms with Gasteiger partial charge in [-0.15, -0.1) is 10.2 Å². The van der Waals surface area contributed by atoms with Crippen LogP contribution in [-0.4, -0.2) is 20.0 Å². The van der Waals surface area contributed by atoms with Crippen LogP contribution in [0.2, 0.25) is 0 Å². The molecule has 0 saturated carbocycles. The molecule has 0 aromatic carbocycles. The third-order valence-electron chi connectivity index (χ3n) is 2.75. The highest BCUT2D eigenvalue weighted by atomic mass is 19.4. The molecule has 5 nitrogen and oxygen atoms in total. The van der Waals surface area contributed by atoms with Crippen molar-refractivity contribution in [3.8, 4) is 0 Å². The maximum Gasteiger partial charge on any atom is 0.435 e. The number of hydrogen-bond acceptors (Lipinski definition) is 4. The third-order valence-corrected chi connectivity index (χ3v) is 2.75. The van der Waals surface area contributed by atoms with Crippen LogP contribution in [0.3, 0.4) is 0 Å². The second-order valence-corrected chi connectivity index (χ2v) is 4.03. The Hall–Kier alpha value is -2.12. The molecule has 0 aliphatic heterocycles. The monoisotopic (exact) mass is 271 g/mol. The van der Waals surface area contributed by atoms with Gasteiger partial charge >= 0.3 is 6.18 Å². The van der Waals surface area contributed by atoms with Gasteiger partial charge in [0.25, 0.3) is 0 Å². The second kappa shape index (κ2) is 4.87. The summed E-state index contributed by atoms with van der Waals surface area (Å²) in [4.78, 5) is 0. The molecule has 0 saturated heterocycles. The van der Waals surface area contributed by atoms with Gasteiger partial charge in [0.05, 0.1) is 6.20 Å². The zero-order valence-corrected chi connectivity index (χ0v) is 10.4. The van der Waals surface area contributed by atoms with Crippen molar-refractivity contribution in [2.45, 2.75) is 19.6 Å². The summed E-state index contributed by atoms with van der Waals surface area (Å²) >= 11 is 0. The average molecular weight is 271 g/mol. The number of aromatic nitrogens is 4. The van der Waals surface area contributed by atoms with Crippen molar-refractivity contribution >= 4 is 5.82 Å². The fourth-order valence-corrected chi connectivity index (χ4v) is 1.48. The van der Waals surface area contributed by atoms with Crippen LogP contribution in [-0.2, 0) is 19.8 Å². The fourth-order valence-electron chi connectivity index (χ4n) is 1.48. The van der Waals surface area contributed by atoms with Gasteiger partial charge in [-0.25, -0.2) is 0 Å². The van der Waals surface area contributed by atoms with Gasteiger partial charge in [-0.3, -0.25) is 4.68 Å². The summed E-state index contributed by atoms with van der Waals surface area (Å²) in [6.45, 7) is 2.34. The van der Waals surface area contributed by atoms with Crippen molar-refractivity contribution in [2.75, 3.05) is 5.32 Å². The minimum Gasteiger partial charge on any atom is -0.364 e. The molecule has 102 valence electrons. The molecule has 0 radical (unpaired) electrons. The standard InChI is InChI=1S/C11H12F3N5/c1-7-8(6-16-19(7)2)5-15-10-4-3-9(17-18-10)11(12,13)14/h3-4,6H,5H2,1-2H3,(H,15,18). The van der Waals surface area contributed by atoms with E-state index in [0.717, 1.165) is 17.3 Å². The molecule has 2 rings (SSSR count). The predicted octanol–water partition coefficient (Wildman–Crippen LogP) is 2.15. The van der Waals surface area contributed by atoms with Gasteiger partial charge in [-0.2, -0.15) is 18.3 Å². The number of halogens is 3. The van der Waals surface area contributed by atoms with E-state index >= 15 is 0 Å². The molecule has 0 amide bonds. The van der Waals surface area contributed by atoms with E-state index in [1.54, 1.807) is 10.9 Å². The van der Waals surface area contributed by atoms with Crippen molar-refractivity contribution in [1.29, 1.82) is 0 Å². The van der Waals surface area contributed by atoms with E-state index < -0.39 is 11.9 Å². The summed E-state index contributed by atoms with van der Waals surface area (Å²) in [5, 5.41) is 13.6. The van der Waals surface area contributed by atoms with Gasteiger partial charge in [0.1, 0.15) is 5.82 Å². The summed E-state index contributed by atoms with van der Waals surface area (Å²) in [6.07, 6.45) is -2.77. The van der Waals surface area contributed by atoms with Crippen LogP contribution >= 0.6 is 0 Å². The normalized spacial score (nSPS) is 11.6. The Labute approximate surface area is 107 Å². The number of aryl methyl sites for hydroxylation is 1. The molecule has 2 aromatic heterocycles. The lowest BCUT2D eigenvalue weighted by atomic mass is 10.2. The van der Waals surface area contributed by atoms with E-state index in [4.69, 9.17) is 0 Å². The van der Waals surface area contributed by atoms with Crippen LogP contribution in [0.25, 0.3) is 0 Å². The van der Waals surface area contributed by atoms with E-state index in [0.29, 0.717) is 6.54 Å². The summed E-state index contributed by atoms with van der Waals surface area (Å²) in [7, 11) is 1.82. The van der Waals surface area contributed by atoms with E-state index in [2.05, 4.69) is 20.6 Å². The topological polar surface area (TPSA) is 55.6 Å². The number of alkyl halides is 3. The largest absolute Gasteiger partial charge is 0.435 e. The Morgan fingerprint density at radius 3 is 2.47 bits per heavy atom. The quantitative estimate of drug-likeness (QED) is 0.929. The highest BCUT2D eigenvalue weighted by Crippen LogP contribution is 2.27. The first-order chi connectivity index (χ1) is 8.88. The highest BCUT2D eigenvalue weighted by Gasteiger charge is 2.32. The lowest BCUT2D eigenvalue weighted by Gasteiger charge is -2.07. The Balaban J connectivity index is 2.03. The number of nitrogens with one attached hydrogen (secondary N) is 1. The molecular weight excluding hydrogens is 259 g/mol. The van der Waals surface area contributed by atoms with Crippen LogP contribution in [0.1, 0.15) is 17.0 Å². The molecule has 2 aromatic rings. The first-order valence-corrected chi connectivity index (χ1v) is 5.50. The SMILES string of the molecule is Cc1c(CNc2ccc(C(F)(F)F)nn2)cnn1C. The molecule has 0 bridgehead atoms. The zero-order valence-electron chi connectivity index (χ0n) is 10.4. The second-order valence-electron chi connectivity index (χ2n) is 4.03. The van der Waals surface area contributed by atoms with Crippen molar-refractivity contribution in [1.82, 2.24) is 20.0 Å². The molecule has 0 spiro atoms. The number of rotatable bonds is 3. The first kappa shape index (κ1) is 13.3. The average Bonchev–Trinajstić information content (AvgIpc) is 2.67. The number of hydrogen-bond donors (Lipinski definition) is 1. The predicted molar refractivity (Wildman–Crippen MR) is 62.3 cm³/mol. The molecule has 1 N–H and O–H groups in total. The van der Waals surface area contributed by atoms with Crippen LogP contribution in [0, 0.1) is 6.92 Å². The van der Waals surface area contributed by atoms with Crippen LogP contribution < -0.4 is 5.32 Å². The van der Waals surface area contributed by atoms with E-state index in [9.17, 15) is 13.2 Å². The molecule has 0 unspecified atom stereocenters. The fraction of sp³-hybridized carbons (Fsp3) is 0.364. The summed E-state index contributed by atoms with van der Waals surface area (Å²) < 4.78 is 38.6. The molecule has 0 aliphatic rings. The van der Waals surface area contributed by atoms with Gasteiger partial charge in [0.2, 0.25) is 0 Å². The van der Waals surface area contributed by atoms with E-state index in [1.165, 1.54) is 6.07 Å². The molecule has 19 heavy (non-hydrogen) atoms. The van der Waals surface area contributed by atoms with Crippen molar-refractivity contribution in [2.24, 2.45) is 7.05 Å². The third kappa shape index (κ3) is 3.01. The van der Waals surface area contributed by atoms with Crippen LogP contribution in [0.4, 0.5) is 19.0 Å². The summed E-state index contributed by atoms with van der Waals surface area (Å²) in [6, 6.07) is 2.15. The molecule has 8 heteroatoms. The minimum absolute atomic E-state index is 0.288. The summed E-state index contributed by atoms with van der Waals surface area (Å²) in [5.41, 5.74) is 0.923. The summed E-state index contributed by atoms with van der Waals surface area (Å²) in [5.74, 6) is 0.288. The van der Waals surface area contributed by atoms with Gasteiger partial charge in [0, 0.05) is 24.8 Å². The maximum atomic E-state index is 12.3. The molecule has 0 fully saturated rings. The van der Waals surface area contributed by atoms with E-state index in [-0.39, 0.29) is 5.82 Å². The highest BCUT2D eigenvalue weighted by molar-refractivity contribution is 5.35. The first-order valence-electron chi connectivity index (χ1n) is 5.50. The van der Waals surface area contributed by atoms with Crippen LogP contribution in [0.5, 0.6) is 0 Å². The van der Waals surface area contributed by atoms with E-state index in [1.807, 2.05) is 14.0 Å². The number of anilines is 1. The lowest BCUT2D eigenvalue weighted by Crippen LogP contribution is -2.10. The van der Waals surface area contributed by atoms with Gasteiger partial charge in [-0.05, 0) is 19.1 Å². The van der Waals surface area contributed by atoms with Gasteiger partial charge in [-0.1, -0.05) is 0 Å². The Kier molecular flexibility index (Phi) is 3.41. The molecule has 2 heterocycles. The van der Waals surface area contributed by atoms with Crippen molar-refractivity contribution in [3.63, 3.8) is 0 Å². The lowest BCUT2D eigenvalue weighted by molar-refractivity contribution is -0.141. The van der Waals surface area contributed by atoms with Crippen molar-refractivity contribution in [3.05, 3.63) is 35.3 Å². The number of nitrogens with zero attached hydrogens (tertiary/aromatic N) is 4. The minimum atomic E-state index is -4.47. The Morgan fingerprint density at radius 1 is 1.26 bits per heavy atom. The van der Waals surface area contributed by atoms with Crippen molar-refractivity contribution < 1.29 is 13.2 Å². The van der Waals surface area contributed by atoms with Gasteiger partial charge in [0.15, 0.2) is 5.69 Å². The Bertz CT molecular complexity index is 559. The maximum absolute atomic E-state index is 12.3. The molecular formula is C11H12F3N5. The zero-order chi connectivity index (χ0) is 14.0. The molecule has 0 atom stereocenters.